The number of ether oxygens (including phenoxy) is 1. The number of para-hydroxylation sites is 1. The normalized spacial score (nSPS) is 21.8. The lowest BCUT2D eigenvalue weighted by Gasteiger charge is -2.29. The molecule has 3 N–H and O–H groups in total. The molecule has 0 spiro atoms. The number of nitrogens with two attached hydrogens (primary N) is 1. The molecule has 1 amide bonds. The van der Waals surface area contributed by atoms with Crippen LogP contribution in [0.25, 0.3) is 0 Å². The number of carbonyl (C=O) groups excluding carboxylic acids is 1. The first-order valence-electron chi connectivity index (χ1n) is 7.93. The van der Waals surface area contributed by atoms with E-state index in [1.807, 2.05) is 24.3 Å². The molecule has 0 radical (unpaired) electrons. The third-order valence-electron chi connectivity index (χ3n) is 4.28. The van der Waals surface area contributed by atoms with Crippen molar-refractivity contribution in [3.8, 4) is 5.75 Å². The summed E-state index contributed by atoms with van der Waals surface area (Å²) in [6.45, 7) is 2.70. The van der Waals surface area contributed by atoms with E-state index in [-0.39, 0.29) is 12.5 Å². The second kappa shape index (κ2) is 8.03. The van der Waals surface area contributed by atoms with Crippen LogP contribution in [0.3, 0.4) is 0 Å². The van der Waals surface area contributed by atoms with E-state index in [0.29, 0.717) is 18.3 Å². The van der Waals surface area contributed by atoms with Gasteiger partial charge in [0.25, 0.3) is 5.91 Å². The van der Waals surface area contributed by atoms with Gasteiger partial charge in [0.1, 0.15) is 5.75 Å². The molecule has 1 aliphatic carbocycles. The van der Waals surface area contributed by atoms with E-state index in [2.05, 4.69) is 12.2 Å². The van der Waals surface area contributed by atoms with Gasteiger partial charge in [0, 0.05) is 18.2 Å². The molecule has 21 heavy (non-hydrogen) atoms. The molecular weight excluding hydrogens is 264 g/mol. The molecule has 2 unspecified atom stereocenters. The van der Waals surface area contributed by atoms with Crippen LogP contribution in [0.2, 0.25) is 0 Å². The SMILES string of the molecule is CCC1CCCC(NC(=O)COc2ccccc2CN)C1. The van der Waals surface area contributed by atoms with Gasteiger partial charge in [-0.1, -0.05) is 44.4 Å². The first kappa shape index (κ1) is 15.8. The molecule has 2 atom stereocenters. The fourth-order valence-corrected chi connectivity index (χ4v) is 3.02. The summed E-state index contributed by atoms with van der Waals surface area (Å²) >= 11 is 0. The summed E-state index contributed by atoms with van der Waals surface area (Å²) in [5, 5.41) is 3.10. The summed E-state index contributed by atoms with van der Waals surface area (Å²) in [5.74, 6) is 1.41. The van der Waals surface area contributed by atoms with Crippen LogP contribution < -0.4 is 15.8 Å². The van der Waals surface area contributed by atoms with Crippen LogP contribution in [0, 0.1) is 5.92 Å². The van der Waals surface area contributed by atoms with Gasteiger partial charge in [0.15, 0.2) is 6.61 Å². The number of rotatable bonds is 6. The molecule has 1 aromatic rings. The highest BCUT2D eigenvalue weighted by Gasteiger charge is 2.22. The topological polar surface area (TPSA) is 64.3 Å². The Bertz CT molecular complexity index is 462. The molecule has 4 nitrogen and oxygen atoms in total. The summed E-state index contributed by atoms with van der Waals surface area (Å²) in [4.78, 5) is 12.0. The Hall–Kier alpha value is -1.55. The van der Waals surface area contributed by atoms with Crippen molar-refractivity contribution >= 4 is 5.91 Å². The summed E-state index contributed by atoms with van der Waals surface area (Å²) in [6.07, 6.45) is 5.89. The quantitative estimate of drug-likeness (QED) is 0.846. The Morgan fingerprint density at radius 3 is 2.95 bits per heavy atom. The molecule has 0 aliphatic heterocycles. The minimum absolute atomic E-state index is 0.0384. The second-order valence-electron chi connectivity index (χ2n) is 5.81. The lowest BCUT2D eigenvalue weighted by molar-refractivity contribution is -0.124. The van der Waals surface area contributed by atoms with Gasteiger partial charge in [-0.3, -0.25) is 4.79 Å². The maximum absolute atomic E-state index is 12.0. The van der Waals surface area contributed by atoms with Gasteiger partial charge in [-0.05, 0) is 24.8 Å². The molecule has 4 heteroatoms. The van der Waals surface area contributed by atoms with Gasteiger partial charge in [0.05, 0.1) is 0 Å². The highest BCUT2D eigenvalue weighted by atomic mass is 16.5. The average molecular weight is 290 g/mol. The minimum atomic E-state index is -0.0384. The van der Waals surface area contributed by atoms with Crippen molar-refractivity contribution in [1.29, 1.82) is 0 Å². The van der Waals surface area contributed by atoms with Crippen molar-refractivity contribution < 1.29 is 9.53 Å². The molecule has 0 aromatic heterocycles. The molecule has 2 rings (SSSR count). The smallest absolute Gasteiger partial charge is 0.258 e. The van der Waals surface area contributed by atoms with Crippen molar-refractivity contribution in [1.82, 2.24) is 5.32 Å². The van der Waals surface area contributed by atoms with Gasteiger partial charge in [-0.15, -0.1) is 0 Å². The summed E-state index contributed by atoms with van der Waals surface area (Å²) in [6, 6.07) is 7.88. The lowest BCUT2D eigenvalue weighted by atomic mass is 9.84. The fourth-order valence-electron chi connectivity index (χ4n) is 3.02. The molecular formula is C17H26N2O2. The minimum Gasteiger partial charge on any atom is -0.483 e. The van der Waals surface area contributed by atoms with E-state index in [0.717, 1.165) is 24.3 Å². The number of benzene rings is 1. The third kappa shape index (κ3) is 4.74. The number of nitrogens with one attached hydrogen (secondary N) is 1. The number of carbonyl (C=O) groups is 1. The highest BCUT2D eigenvalue weighted by molar-refractivity contribution is 5.77. The third-order valence-corrected chi connectivity index (χ3v) is 4.28. The van der Waals surface area contributed by atoms with Crippen LogP contribution >= 0.6 is 0 Å². The molecule has 0 bridgehead atoms. The second-order valence-corrected chi connectivity index (χ2v) is 5.81. The van der Waals surface area contributed by atoms with Crippen LogP contribution in [0.5, 0.6) is 5.75 Å². The van der Waals surface area contributed by atoms with Crippen LogP contribution in [-0.4, -0.2) is 18.6 Å². The summed E-state index contributed by atoms with van der Waals surface area (Å²) < 4.78 is 5.59. The van der Waals surface area contributed by atoms with Crippen molar-refractivity contribution in [3.63, 3.8) is 0 Å². The lowest BCUT2D eigenvalue weighted by Crippen LogP contribution is -2.40. The number of hydrogen-bond donors (Lipinski definition) is 2. The molecule has 1 aliphatic rings. The van der Waals surface area contributed by atoms with Crippen LogP contribution in [0.15, 0.2) is 24.3 Å². The Balaban J connectivity index is 1.79. The first-order chi connectivity index (χ1) is 10.2. The highest BCUT2D eigenvalue weighted by Crippen LogP contribution is 2.26. The largest absolute Gasteiger partial charge is 0.483 e. The fraction of sp³-hybridized carbons (Fsp3) is 0.588. The monoisotopic (exact) mass is 290 g/mol. The zero-order valence-electron chi connectivity index (χ0n) is 12.8. The zero-order valence-corrected chi connectivity index (χ0v) is 12.8. The summed E-state index contributed by atoms with van der Waals surface area (Å²) in [7, 11) is 0. The van der Waals surface area contributed by atoms with E-state index < -0.39 is 0 Å². The number of hydrogen-bond acceptors (Lipinski definition) is 3. The van der Waals surface area contributed by atoms with Crippen molar-refractivity contribution in [3.05, 3.63) is 29.8 Å². The van der Waals surface area contributed by atoms with Gasteiger partial charge in [0.2, 0.25) is 0 Å². The maximum atomic E-state index is 12.0. The van der Waals surface area contributed by atoms with E-state index in [9.17, 15) is 4.79 Å². The molecule has 0 saturated heterocycles. The predicted molar refractivity (Wildman–Crippen MR) is 84.0 cm³/mol. The average Bonchev–Trinajstić information content (AvgIpc) is 2.53. The number of amides is 1. The van der Waals surface area contributed by atoms with Crippen LogP contribution in [0.1, 0.15) is 44.6 Å². The zero-order chi connectivity index (χ0) is 15.1. The van der Waals surface area contributed by atoms with Gasteiger partial charge in [-0.2, -0.15) is 0 Å². The Morgan fingerprint density at radius 2 is 2.19 bits per heavy atom. The molecule has 1 aromatic carbocycles. The van der Waals surface area contributed by atoms with E-state index in [1.54, 1.807) is 0 Å². The van der Waals surface area contributed by atoms with Crippen molar-refractivity contribution in [2.45, 2.75) is 51.6 Å². The molecule has 116 valence electrons. The Labute approximate surface area is 127 Å². The van der Waals surface area contributed by atoms with Gasteiger partial charge in [-0.25, -0.2) is 0 Å². The first-order valence-corrected chi connectivity index (χ1v) is 7.93. The van der Waals surface area contributed by atoms with Crippen molar-refractivity contribution in [2.24, 2.45) is 11.7 Å². The Kier molecular flexibility index (Phi) is 6.05. The summed E-state index contributed by atoms with van der Waals surface area (Å²) in [5.41, 5.74) is 6.58. The van der Waals surface area contributed by atoms with Crippen molar-refractivity contribution in [2.75, 3.05) is 6.61 Å². The Morgan fingerprint density at radius 1 is 1.38 bits per heavy atom. The van der Waals surface area contributed by atoms with E-state index in [1.165, 1.54) is 19.3 Å². The molecule has 1 saturated carbocycles. The van der Waals surface area contributed by atoms with Crippen LogP contribution in [-0.2, 0) is 11.3 Å². The van der Waals surface area contributed by atoms with Gasteiger partial charge >= 0.3 is 0 Å². The maximum Gasteiger partial charge on any atom is 0.258 e. The van der Waals surface area contributed by atoms with E-state index in [4.69, 9.17) is 10.5 Å². The molecule has 1 fully saturated rings. The van der Waals surface area contributed by atoms with E-state index >= 15 is 0 Å². The molecule has 0 heterocycles. The standard InChI is InChI=1S/C17H26N2O2/c1-2-13-6-5-8-15(10-13)19-17(20)12-21-16-9-4-3-7-14(16)11-18/h3-4,7,9,13,15H,2,5-6,8,10-12,18H2,1H3,(H,19,20). The van der Waals surface area contributed by atoms with Crippen LogP contribution in [0.4, 0.5) is 0 Å². The predicted octanol–water partition coefficient (Wildman–Crippen LogP) is 2.61. The van der Waals surface area contributed by atoms with Gasteiger partial charge < -0.3 is 15.8 Å².